The minimum atomic E-state index is -0.209. The van der Waals surface area contributed by atoms with Gasteiger partial charge in [-0.15, -0.1) is 0 Å². The van der Waals surface area contributed by atoms with Gasteiger partial charge >= 0.3 is 0 Å². The molecule has 0 saturated heterocycles. The molecule has 102 valence electrons. The van der Waals surface area contributed by atoms with Gasteiger partial charge in [0.25, 0.3) is 0 Å². The molecule has 1 N–H and O–H groups in total. The Labute approximate surface area is 117 Å². The molecule has 1 rings (SSSR count). The Kier molecular flexibility index (Phi) is 7.47. The Morgan fingerprint density at radius 2 is 2.11 bits per heavy atom. The second-order valence-corrected chi connectivity index (χ2v) is 5.41. The summed E-state index contributed by atoms with van der Waals surface area (Å²) in [6.07, 6.45) is 2.44. The smallest absolute Gasteiger partial charge is 0.137 e. The second-order valence-electron chi connectivity index (χ2n) is 4.55. The van der Waals surface area contributed by atoms with Crippen LogP contribution in [0.2, 0.25) is 0 Å². The van der Waals surface area contributed by atoms with E-state index < -0.39 is 0 Å². The van der Waals surface area contributed by atoms with Crippen LogP contribution in [0.15, 0.2) is 22.7 Å². The third-order valence-corrected chi connectivity index (χ3v) is 3.16. The second kappa shape index (κ2) is 8.62. The minimum absolute atomic E-state index is 0.209. The third kappa shape index (κ3) is 6.47. The number of hydrogen-bond donors (Lipinski definition) is 1. The van der Waals surface area contributed by atoms with Crippen molar-refractivity contribution < 1.29 is 9.13 Å². The molecule has 1 aromatic carbocycles. The molecule has 1 aromatic rings. The molecule has 0 fully saturated rings. The molecule has 0 bridgehead atoms. The molecule has 0 amide bonds. The van der Waals surface area contributed by atoms with Gasteiger partial charge < -0.3 is 10.1 Å². The van der Waals surface area contributed by atoms with Gasteiger partial charge in [0.15, 0.2) is 0 Å². The van der Waals surface area contributed by atoms with Gasteiger partial charge in [0.2, 0.25) is 0 Å². The van der Waals surface area contributed by atoms with Crippen LogP contribution in [0.4, 0.5) is 4.39 Å². The van der Waals surface area contributed by atoms with Gasteiger partial charge in [-0.25, -0.2) is 4.39 Å². The normalized spacial score (nSPS) is 11.2. The van der Waals surface area contributed by atoms with Crippen LogP contribution in [-0.4, -0.2) is 19.3 Å². The van der Waals surface area contributed by atoms with E-state index in [1.807, 2.05) is 19.9 Å². The summed E-state index contributed by atoms with van der Waals surface area (Å²) in [7, 11) is 0. The molecule has 2 nitrogen and oxygen atoms in total. The van der Waals surface area contributed by atoms with Crippen LogP contribution < -0.4 is 5.32 Å². The van der Waals surface area contributed by atoms with Gasteiger partial charge in [0.1, 0.15) is 5.82 Å². The lowest BCUT2D eigenvalue weighted by Crippen LogP contribution is -2.15. The predicted molar refractivity (Wildman–Crippen MR) is 76.1 cm³/mol. The number of unbranched alkanes of at least 4 members (excludes halogenated alkanes) is 1. The molecule has 0 radical (unpaired) electrons. The van der Waals surface area contributed by atoms with E-state index in [0.717, 1.165) is 31.6 Å². The maximum absolute atomic E-state index is 13.2. The van der Waals surface area contributed by atoms with E-state index in [2.05, 4.69) is 21.2 Å². The van der Waals surface area contributed by atoms with Crippen LogP contribution in [-0.2, 0) is 11.3 Å². The van der Waals surface area contributed by atoms with Crippen LogP contribution in [0.25, 0.3) is 0 Å². The highest BCUT2D eigenvalue weighted by Crippen LogP contribution is 2.16. The summed E-state index contributed by atoms with van der Waals surface area (Å²) in [5.41, 5.74) is 0.967. The number of halogens is 2. The molecule has 0 aromatic heterocycles. The van der Waals surface area contributed by atoms with Crippen molar-refractivity contribution in [2.45, 2.75) is 39.3 Å². The zero-order valence-corrected chi connectivity index (χ0v) is 12.6. The Morgan fingerprint density at radius 3 is 2.78 bits per heavy atom. The van der Waals surface area contributed by atoms with E-state index >= 15 is 0 Å². The van der Waals surface area contributed by atoms with Crippen molar-refractivity contribution in [2.75, 3.05) is 13.2 Å². The average Bonchev–Trinajstić information content (AvgIpc) is 2.32. The molecule has 0 aliphatic heterocycles. The average molecular weight is 318 g/mol. The molecular formula is C14H21BrFNO. The molecule has 0 aliphatic rings. The first kappa shape index (κ1) is 15.6. The number of rotatable bonds is 8. The fourth-order valence-corrected chi connectivity index (χ4v) is 1.80. The first-order valence-corrected chi connectivity index (χ1v) is 7.15. The molecular weight excluding hydrogens is 297 g/mol. The van der Waals surface area contributed by atoms with Gasteiger partial charge in [-0.1, -0.05) is 6.07 Å². The zero-order chi connectivity index (χ0) is 13.4. The van der Waals surface area contributed by atoms with Gasteiger partial charge in [-0.05, 0) is 66.9 Å². The highest BCUT2D eigenvalue weighted by atomic mass is 79.9. The molecule has 0 saturated carbocycles. The summed E-state index contributed by atoms with van der Waals surface area (Å²) in [6, 6.07) is 5.21. The van der Waals surface area contributed by atoms with Crippen molar-refractivity contribution in [1.29, 1.82) is 0 Å². The SMILES string of the molecule is CC(C)OCCCCNCc1ccc(Br)c(F)c1. The Balaban J connectivity index is 2.09. The van der Waals surface area contributed by atoms with Crippen molar-refractivity contribution in [3.63, 3.8) is 0 Å². The van der Waals surface area contributed by atoms with Crippen molar-refractivity contribution in [1.82, 2.24) is 5.32 Å². The maximum Gasteiger partial charge on any atom is 0.137 e. The van der Waals surface area contributed by atoms with E-state index in [9.17, 15) is 4.39 Å². The molecule has 0 unspecified atom stereocenters. The lowest BCUT2D eigenvalue weighted by atomic mass is 10.2. The van der Waals surface area contributed by atoms with Gasteiger partial charge in [0, 0.05) is 13.2 Å². The third-order valence-electron chi connectivity index (χ3n) is 2.51. The summed E-state index contributed by atoms with van der Waals surface area (Å²) < 4.78 is 19.2. The van der Waals surface area contributed by atoms with Gasteiger partial charge in [0.05, 0.1) is 10.6 Å². The van der Waals surface area contributed by atoms with Crippen LogP contribution in [0.3, 0.4) is 0 Å². The highest BCUT2D eigenvalue weighted by Gasteiger charge is 2.00. The molecule has 18 heavy (non-hydrogen) atoms. The predicted octanol–water partition coefficient (Wildman–Crippen LogP) is 3.88. The first-order chi connectivity index (χ1) is 8.59. The summed E-state index contributed by atoms with van der Waals surface area (Å²) in [6.45, 7) is 6.53. The van der Waals surface area contributed by atoms with E-state index in [-0.39, 0.29) is 5.82 Å². The van der Waals surface area contributed by atoms with Gasteiger partial charge in [-0.3, -0.25) is 0 Å². The Bertz CT molecular complexity index is 358. The van der Waals surface area contributed by atoms with E-state index in [1.165, 1.54) is 0 Å². The number of ether oxygens (including phenoxy) is 1. The van der Waals surface area contributed by atoms with Crippen LogP contribution >= 0.6 is 15.9 Å². The lowest BCUT2D eigenvalue weighted by Gasteiger charge is -2.08. The lowest BCUT2D eigenvalue weighted by molar-refractivity contribution is 0.0760. The molecule has 0 spiro atoms. The summed E-state index contributed by atoms with van der Waals surface area (Å²) >= 11 is 3.14. The van der Waals surface area contributed by atoms with Crippen LogP contribution in [0.1, 0.15) is 32.3 Å². The van der Waals surface area contributed by atoms with Crippen molar-refractivity contribution in [3.05, 3.63) is 34.1 Å². The van der Waals surface area contributed by atoms with E-state index in [0.29, 0.717) is 17.1 Å². The number of benzene rings is 1. The highest BCUT2D eigenvalue weighted by molar-refractivity contribution is 9.10. The van der Waals surface area contributed by atoms with Crippen LogP contribution in [0, 0.1) is 5.82 Å². The quantitative estimate of drug-likeness (QED) is 0.735. The van der Waals surface area contributed by atoms with Gasteiger partial charge in [-0.2, -0.15) is 0 Å². The monoisotopic (exact) mass is 317 g/mol. The summed E-state index contributed by atoms with van der Waals surface area (Å²) in [4.78, 5) is 0. The standard InChI is InChI=1S/C14H21BrFNO/c1-11(2)18-8-4-3-7-17-10-12-5-6-13(15)14(16)9-12/h5-6,9,11,17H,3-4,7-8,10H2,1-2H3. The maximum atomic E-state index is 13.2. The largest absolute Gasteiger partial charge is 0.379 e. The van der Waals surface area contributed by atoms with Crippen molar-refractivity contribution >= 4 is 15.9 Å². The van der Waals surface area contributed by atoms with Crippen molar-refractivity contribution in [3.8, 4) is 0 Å². The van der Waals surface area contributed by atoms with Crippen molar-refractivity contribution in [2.24, 2.45) is 0 Å². The summed E-state index contributed by atoms with van der Waals surface area (Å²) in [5.74, 6) is -0.209. The fraction of sp³-hybridized carbons (Fsp3) is 0.571. The zero-order valence-electron chi connectivity index (χ0n) is 11.0. The van der Waals surface area contributed by atoms with E-state index in [4.69, 9.17) is 4.74 Å². The molecule has 0 heterocycles. The first-order valence-electron chi connectivity index (χ1n) is 6.36. The Hall–Kier alpha value is -0.450. The molecule has 0 aliphatic carbocycles. The molecule has 4 heteroatoms. The number of hydrogen-bond acceptors (Lipinski definition) is 2. The molecule has 0 atom stereocenters. The van der Waals surface area contributed by atoms with E-state index in [1.54, 1.807) is 12.1 Å². The summed E-state index contributed by atoms with van der Waals surface area (Å²) in [5, 5.41) is 3.30. The van der Waals surface area contributed by atoms with Crippen LogP contribution in [0.5, 0.6) is 0 Å². The topological polar surface area (TPSA) is 21.3 Å². The minimum Gasteiger partial charge on any atom is -0.379 e. The number of nitrogens with one attached hydrogen (secondary N) is 1. The fourth-order valence-electron chi connectivity index (χ4n) is 1.55. The Morgan fingerprint density at radius 1 is 1.33 bits per heavy atom.